The molecule has 0 atom stereocenters. The summed E-state index contributed by atoms with van der Waals surface area (Å²) in [6.45, 7) is 4.40. The molecule has 2 aliphatic rings. The van der Waals surface area contributed by atoms with Crippen molar-refractivity contribution in [2.24, 2.45) is 0 Å². The van der Waals surface area contributed by atoms with E-state index in [1.807, 2.05) is 43.3 Å². The smallest absolute Gasteiger partial charge is 0.270 e. The summed E-state index contributed by atoms with van der Waals surface area (Å²) in [5.74, 6) is 1.64. The Kier molecular flexibility index (Phi) is 6.75. The van der Waals surface area contributed by atoms with E-state index < -0.39 is 0 Å². The van der Waals surface area contributed by atoms with E-state index in [9.17, 15) is 9.59 Å². The lowest BCUT2D eigenvalue weighted by Crippen LogP contribution is -2.28. The van der Waals surface area contributed by atoms with Gasteiger partial charge < -0.3 is 10.6 Å². The Hall–Kier alpha value is -4.05. The molecular formula is C25H24N6O2. The number of rotatable bonds is 6. The third-order valence-corrected chi connectivity index (χ3v) is 5.74. The minimum Gasteiger partial charge on any atom is -0.344 e. The fourth-order valence-corrected chi connectivity index (χ4v) is 3.95. The molecule has 0 bridgehead atoms. The van der Waals surface area contributed by atoms with Gasteiger partial charge in [-0.15, -0.1) is 0 Å². The number of carbonyl (C=O) groups excluding carboxylic acids is 2. The molecule has 2 aliphatic heterocycles. The number of amides is 1. The second kappa shape index (κ2) is 10.0. The van der Waals surface area contributed by atoms with E-state index in [1.54, 1.807) is 12.3 Å². The van der Waals surface area contributed by atoms with E-state index in [1.165, 1.54) is 5.57 Å². The van der Waals surface area contributed by atoms with Crippen LogP contribution in [0.5, 0.6) is 0 Å². The van der Waals surface area contributed by atoms with Crippen molar-refractivity contribution in [3.8, 4) is 6.07 Å². The standard InChI is InChI=1S/C25H24N6O2/c1-2-18-12-22-23(30-24(18)16-32)11-17(13-28-22)15-31-9-5-19(6-10-31)20-3-4-21(29-14-20)25(33)27-8-7-26/h3-5,11-14,30H,2,6,8-10,15H2,1H3,(H,27,33). The SMILES string of the molecule is CCC1=Cc2ncc(CN3CC=C(c4ccc(C(=O)NCC#N)nc4)CC3)cc2NC1=C=O. The molecule has 4 rings (SSSR count). The average Bonchev–Trinajstić information content (AvgIpc) is 2.87. The third-order valence-electron chi connectivity index (χ3n) is 5.74. The molecule has 4 heterocycles. The zero-order valence-electron chi connectivity index (χ0n) is 18.4. The number of carbonyl (C=O) groups is 1. The van der Waals surface area contributed by atoms with E-state index in [4.69, 9.17) is 5.26 Å². The predicted molar refractivity (Wildman–Crippen MR) is 125 cm³/mol. The van der Waals surface area contributed by atoms with E-state index in [0.717, 1.165) is 60.6 Å². The van der Waals surface area contributed by atoms with Gasteiger partial charge >= 0.3 is 0 Å². The van der Waals surface area contributed by atoms with Crippen LogP contribution >= 0.6 is 0 Å². The van der Waals surface area contributed by atoms with Crippen molar-refractivity contribution in [2.45, 2.75) is 26.3 Å². The van der Waals surface area contributed by atoms with Crippen molar-refractivity contribution in [3.05, 3.63) is 70.5 Å². The molecule has 0 saturated heterocycles. The summed E-state index contributed by atoms with van der Waals surface area (Å²) in [6, 6.07) is 7.50. The van der Waals surface area contributed by atoms with Crippen LogP contribution in [0.25, 0.3) is 11.6 Å². The Morgan fingerprint density at radius 2 is 2.18 bits per heavy atom. The van der Waals surface area contributed by atoms with Crippen molar-refractivity contribution in [1.29, 1.82) is 5.26 Å². The number of nitrogens with one attached hydrogen (secondary N) is 2. The Labute approximate surface area is 192 Å². The predicted octanol–water partition coefficient (Wildman–Crippen LogP) is 2.95. The highest BCUT2D eigenvalue weighted by Gasteiger charge is 2.18. The Bertz CT molecular complexity index is 1220. The van der Waals surface area contributed by atoms with Crippen molar-refractivity contribution in [1.82, 2.24) is 20.2 Å². The molecule has 2 N–H and O–H groups in total. The van der Waals surface area contributed by atoms with Crippen LogP contribution < -0.4 is 10.6 Å². The maximum Gasteiger partial charge on any atom is 0.270 e. The van der Waals surface area contributed by atoms with E-state index in [2.05, 4.69) is 31.6 Å². The maximum atomic E-state index is 11.9. The first-order valence-electron chi connectivity index (χ1n) is 10.9. The second-order valence-corrected chi connectivity index (χ2v) is 7.89. The summed E-state index contributed by atoms with van der Waals surface area (Å²) >= 11 is 0. The molecular weight excluding hydrogens is 416 g/mol. The van der Waals surface area contributed by atoms with Crippen LogP contribution in [0.3, 0.4) is 0 Å². The number of fused-ring (bicyclic) bond motifs is 1. The maximum absolute atomic E-state index is 11.9. The zero-order chi connectivity index (χ0) is 23.2. The number of hydrogen-bond donors (Lipinski definition) is 2. The minimum atomic E-state index is -0.350. The number of pyridine rings is 2. The van der Waals surface area contributed by atoms with Crippen LogP contribution in [-0.2, 0) is 11.3 Å². The van der Waals surface area contributed by atoms with Crippen LogP contribution in [0, 0.1) is 11.3 Å². The molecule has 0 radical (unpaired) electrons. The van der Waals surface area contributed by atoms with Crippen molar-refractivity contribution in [3.63, 3.8) is 0 Å². The largest absolute Gasteiger partial charge is 0.344 e. The molecule has 0 aliphatic carbocycles. The lowest BCUT2D eigenvalue weighted by Gasteiger charge is -2.27. The minimum absolute atomic E-state index is 0.0372. The van der Waals surface area contributed by atoms with Crippen LogP contribution in [0.4, 0.5) is 5.69 Å². The average molecular weight is 441 g/mol. The molecule has 0 unspecified atom stereocenters. The first-order chi connectivity index (χ1) is 16.1. The van der Waals surface area contributed by atoms with Crippen LogP contribution in [0.15, 0.2) is 47.9 Å². The fraction of sp³-hybridized carbons (Fsp3) is 0.280. The third kappa shape index (κ3) is 5.07. The summed E-state index contributed by atoms with van der Waals surface area (Å²) in [5.41, 5.74) is 6.64. The number of anilines is 1. The molecule has 8 heteroatoms. The normalized spacial score (nSPS) is 15.3. The fourth-order valence-electron chi connectivity index (χ4n) is 3.95. The molecule has 0 saturated carbocycles. The molecule has 8 nitrogen and oxygen atoms in total. The Balaban J connectivity index is 1.39. The quantitative estimate of drug-likeness (QED) is 0.525. The van der Waals surface area contributed by atoms with Gasteiger partial charge in [-0.05, 0) is 53.3 Å². The topological polar surface area (TPSA) is 111 Å². The van der Waals surface area contributed by atoms with Gasteiger partial charge in [0.15, 0.2) is 5.94 Å². The molecule has 33 heavy (non-hydrogen) atoms. The first-order valence-corrected chi connectivity index (χ1v) is 10.9. The van der Waals surface area contributed by atoms with Crippen molar-refractivity contribution >= 4 is 29.2 Å². The molecule has 0 aromatic carbocycles. The highest BCUT2D eigenvalue weighted by Crippen LogP contribution is 2.29. The molecule has 0 fully saturated rings. The number of aromatic nitrogens is 2. The van der Waals surface area contributed by atoms with Gasteiger partial charge in [0.05, 0.1) is 17.5 Å². The van der Waals surface area contributed by atoms with Crippen LogP contribution in [-0.4, -0.2) is 46.4 Å². The summed E-state index contributed by atoms with van der Waals surface area (Å²) in [5, 5.41) is 14.2. The monoisotopic (exact) mass is 440 g/mol. The van der Waals surface area contributed by atoms with Gasteiger partial charge in [-0.3, -0.25) is 19.7 Å². The molecule has 2 aromatic heterocycles. The summed E-state index contributed by atoms with van der Waals surface area (Å²) in [4.78, 5) is 34.3. The van der Waals surface area contributed by atoms with Gasteiger partial charge in [0.2, 0.25) is 0 Å². The van der Waals surface area contributed by atoms with Gasteiger partial charge in [0.25, 0.3) is 5.91 Å². The summed E-state index contributed by atoms with van der Waals surface area (Å²) in [6.07, 6.45) is 9.34. The summed E-state index contributed by atoms with van der Waals surface area (Å²) in [7, 11) is 0. The number of allylic oxidation sites excluding steroid dienone is 1. The molecule has 166 valence electrons. The number of nitriles is 1. The lowest BCUT2D eigenvalue weighted by molar-refractivity contribution is 0.0953. The lowest BCUT2D eigenvalue weighted by atomic mass is 10.00. The zero-order valence-corrected chi connectivity index (χ0v) is 18.4. The van der Waals surface area contributed by atoms with E-state index in [0.29, 0.717) is 11.4 Å². The highest BCUT2D eigenvalue weighted by atomic mass is 16.1. The van der Waals surface area contributed by atoms with Gasteiger partial charge in [-0.25, -0.2) is 4.79 Å². The van der Waals surface area contributed by atoms with Crippen molar-refractivity contribution in [2.75, 3.05) is 25.0 Å². The van der Waals surface area contributed by atoms with Gasteiger partial charge in [0.1, 0.15) is 17.9 Å². The number of hydrogen-bond acceptors (Lipinski definition) is 7. The number of nitrogens with zero attached hydrogens (tertiary/aromatic N) is 4. The van der Waals surface area contributed by atoms with Gasteiger partial charge in [-0.2, -0.15) is 5.26 Å². The Morgan fingerprint density at radius 3 is 2.85 bits per heavy atom. The molecule has 2 aromatic rings. The van der Waals surface area contributed by atoms with Crippen LogP contribution in [0.1, 0.15) is 47.1 Å². The molecule has 1 amide bonds. The van der Waals surface area contributed by atoms with Crippen LogP contribution in [0.2, 0.25) is 0 Å². The van der Waals surface area contributed by atoms with Gasteiger partial charge in [0, 0.05) is 32.0 Å². The van der Waals surface area contributed by atoms with Gasteiger partial charge in [-0.1, -0.05) is 19.1 Å². The second-order valence-electron chi connectivity index (χ2n) is 7.89. The summed E-state index contributed by atoms with van der Waals surface area (Å²) < 4.78 is 0. The van der Waals surface area contributed by atoms with Crippen molar-refractivity contribution < 1.29 is 9.59 Å². The molecule has 0 spiro atoms. The van der Waals surface area contributed by atoms with E-state index >= 15 is 0 Å². The first kappa shape index (κ1) is 22.2. The Morgan fingerprint density at radius 1 is 1.30 bits per heavy atom. The highest BCUT2D eigenvalue weighted by molar-refractivity contribution is 5.92. The van der Waals surface area contributed by atoms with E-state index in [-0.39, 0.29) is 12.5 Å².